The Labute approximate surface area is 124 Å². The molecule has 4 heteroatoms. The smallest absolute Gasteiger partial charge is 0.110 e. The van der Waals surface area contributed by atoms with E-state index in [0.29, 0.717) is 6.04 Å². The van der Waals surface area contributed by atoms with Gasteiger partial charge < -0.3 is 14.8 Å². The molecule has 2 aromatic rings. The van der Waals surface area contributed by atoms with Crippen molar-refractivity contribution in [1.82, 2.24) is 9.88 Å². The number of hydrogen-bond donors (Lipinski definition) is 2. The van der Waals surface area contributed by atoms with Gasteiger partial charge in [0.1, 0.15) is 5.60 Å². The fourth-order valence-electron chi connectivity index (χ4n) is 4.56. The zero-order chi connectivity index (χ0) is 14.6. The summed E-state index contributed by atoms with van der Waals surface area (Å²) >= 11 is 0. The van der Waals surface area contributed by atoms with Crippen molar-refractivity contribution >= 4 is 10.9 Å². The highest BCUT2D eigenvalue weighted by molar-refractivity contribution is 5.88. The predicted octanol–water partition coefficient (Wildman–Crippen LogP) is 1.88. The second kappa shape index (κ2) is 4.57. The van der Waals surface area contributed by atoms with Crippen molar-refractivity contribution in [1.29, 1.82) is 0 Å². The van der Waals surface area contributed by atoms with Gasteiger partial charge in [0.25, 0.3) is 0 Å². The number of nitrogens with one attached hydrogen (secondary N) is 1. The van der Waals surface area contributed by atoms with Gasteiger partial charge in [-0.1, -0.05) is 12.1 Å². The summed E-state index contributed by atoms with van der Waals surface area (Å²) in [5.41, 5.74) is 3.54. The number of aromatic amines is 1. The van der Waals surface area contributed by atoms with Crippen LogP contribution >= 0.6 is 0 Å². The van der Waals surface area contributed by atoms with Gasteiger partial charge in [0.2, 0.25) is 0 Å². The maximum absolute atomic E-state index is 9.67. The van der Waals surface area contributed by atoms with Crippen molar-refractivity contribution in [2.24, 2.45) is 5.92 Å². The highest BCUT2D eigenvalue weighted by atomic mass is 16.5. The topological polar surface area (TPSA) is 48.5 Å². The van der Waals surface area contributed by atoms with Crippen LogP contribution in [-0.2, 0) is 16.8 Å². The lowest BCUT2D eigenvalue weighted by atomic mass is 9.69. The summed E-state index contributed by atoms with van der Waals surface area (Å²) in [6.45, 7) is 1.15. The predicted molar refractivity (Wildman–Crippen MR) is 82.3 cm³/mol. The standard InChI is InChI=1S/C17H22N2O2/c1-19-9-11(10-20)7-17(21-2)13-4-3-5-14-16(13)12(8-18-14)6-15(17)19/h3-5,8,11,15,18,20H,6-7,9-10H2,1-2H3. The van der Waals surface area contributed by atoms with Crippen molar-refractivity contribution in [3.63, 3.8) is 0 Å². The molecular weight excluding hydrogens is 264 g/mol. The van der Waals surface area contributed by atoms with Gasteiger partial charge >= 0.3 is 0 Å². The number of benzene rings is 1. The van der Waals surface area contributed by atoms with E-state index in [1.54, 1.807) is 0 Å². The normalized spacial score (nSPS) is 32.3. The average Bonchev–Trinajstić information content (AvgIpc) is 2.93. The Balaban J connectivity index is 1.96. The van der Waals surface area contributed by atoms with Crippen molar-refractivity contribution < 1.29 is 9.84 Å². The third-order valence-electron chi connectivity index (χ3n) is 5.49. The quantitative estimate of drug-likeness (QED) is 0.886. The Morgan fingerprint density at radius 1 is 1.48 bits per heavy atom. The minimum atomic E-state index is -0.310. The molecule has 2 N–H and O–H groups in total. The third-order valence-corrected chi connectivity index (χ3v) is 5.49. The number of likely N-dealkylation sites (N-methyl/N-ethyl adjacent to an activating group) is 1. The van der Waals surface area contributed by atoms with Gasteiger partial charge in [-0.15, -0.1) is 0 Å². The number of likely N-dealkylation sites (tertiary alicyclic amines) is 1. The van der Waals surface area contributed by atoms with Gasteiger partial charge in [0.05, 0.1) is 0 Å². The SMILES string of the molecule is COC12CC(CO)CN(C)C1Cc1c[nH]c3cccc2c13. The molecule has 2 heterocycles. The largest absolute Gasteiger partial charge is 0.396 e. The number of ether oxygens (including phenoxy) is 1. The molecule has 3 atom stereocenters. The van der Waals surface area contributed by atoms with Crippen molar-refractivity contribution in [2.45, 2.75) is 24.5 Å². The van der Waals surface area contributed by atoms with Gasteiger partial charge in [0.15, 0.2) is 0 Å². The lowest BCUT2D eigenvalue weighted by molar-refractivity contribution is -0.130. The fraction of sp³-hybridized carbons (Fsp3) is 0.529. The number of H-pyrrole nitrogens is 1. The molecule has 112 valence electrons. The first kappa shape index (κ1) is 13.3. The molecule has 21 heavy (non-hydrogen) atoms. The van der Waals surface area contributed by atoms with Gasteiger partial charge in [0, 0.05) is 43.4 Å². The maximum atomic E-state index is 9.67. The number of piperidine rings is 1. The fourth-order valence-corrected chi connectivity index (χ4v) is 4.56. The molecular formula is C17H22N2O2. The molecule has 1 aromatic heterocycles. The Hall–Kier alpha value is -1.36. The van der Waals surface area contributed by atoms with Gasteiger partial charge in [-0.25, -0.2) is 0 Å². The molecule has 0 saturated carbocycles. The Bertz CT molecular complexity index is 680. The summed E-state index contributed by atoms with van der Waals surface area (Å²) < 4.78 is 6.14. The first-order valence-electron chi connectivity index (χ1n) is 7.65. The van der Waals surface area contributed by atoms with E-state index in [-0.39, 0.29) is 18.1 Å². The Morgan fingerprint density at radius 3 is 3.10 bits per heavy atom. The van der Waals surface area contributed by atoms with Crippen molar-refractivity contribution in [3.05, 3.63) is 35.5 Å². The molecule has 1 aliphatic heterocycles. The lowest BCUT2D eigenvalue weighted by Crippen LogP contribution is -2.59. The summed E-state index contributed by atoms with van der Waals surface area (Å²) in [5, 5.41) is 11.0. The van der Waals surface area contributed by atoms with E-state index in [4.69, 9.17) is 4.74 Å². The molecule has 1 saturated heterocycles. The molecule has 4 rings (SSSR count). The summed E-state index contributed by atoms with van der Waals surface area (Å²) in [4.78, 5) is 5.75. The van der Waals surface area contributed by atoms with Gasteiger partial charge in [-0.05, 0) is 43.0 Å². The zero-order valence-electron chi connectivity index (χ0n) is 12.6. The first-order valence-corrected chi connectivity index (χ1v) is 7.65. The van der Waals surface area contributed by atoms with Gasteiger partial charge in [-0.3, -0.25) is 4.90 Å². The Morgan fingerprint density at radius 2 is 2.33 bits per heavy atom. The first-order chi connectivity index (χ1) is 10.2. The second-order valence-corrected chi connectivity index (χ2v) is 6.55. The molecule has 4 nitrogen and oxygen atoms in total. The van der Waals surface area contributed by atoms with Crippen LogP contribution in [0.2, 0.25) is 0 Å². The summed E-state index contributed by atoms with van der Waals surface area (Å²) in [6.07, 6.45) is 4.03. The number of hydrogen-bond acceptors (Lipinski definition) is 3. The monoisotopic (exact) mass is 286 g/mol. The molecule has 2 aliphatic rings. The van der Waals surface area contributed by atoms with E-state index < -0.39 is 0 Å². The highest BCUT2D eigenvalue weighted by Crippen LogP contribution is 2.49. The molecule has 0 radical (unpaired) electrons. The minimum absolute atomic E-state index is 0.220. The average molecular weight is 286 g/mol. The van der Waals surface area contributed by atoms with Crippen molar-refractivity contribution in [2.75, 3.05) is 27.3 Å². The number of rotatable bonds is 2. The molecule has 3 unspecified atom stereocenters. The second-order valence-electron chi connectivity index (χ2n) is 6.55. The minimum Gasteiger partial charge on any atom is -0.396 e. The van der Waals surface area contributed by atoms with E-state index in [9.17, 15) is 5.11 Å². The number of fused-ring (bicyclic) bond motifs is 2. The number of methoxy groups -OCH3 is 1. The number of nitrogens with zero attached hydrogens (tertiary/aromatic N) is 1. The van der Waals surface area contributed by atoms with Crippen LogP contribution in [0.25, 0.3) is 10.9 Å². The van der Waals surface area contributed by atoms with Crippen LogP contribution in [0.3, 0.4) is 0 Å². The molecule has 0 spiro atoms. The third kappa shape index (κ3) is 1.67. The van der Waals surface area contributed by atoms with E-state index in [2.05, 4.69) is 41.3 Å². The zero-order valence-corrected chi connectivity index (χ0v) is 12.6. The van der Waals surface area contributed by atoms with E-state index >= 15 is 0 Å². The summed E-state index contributed by atoms with van der Waals surface area (Å²) in [7, 11) is 3.97. The number of aliphatic hydroxyl groups is 1. The number of aliphatic hydroxyl groups excluding tert-OH is 1. The molecule has 0 amide bonds. The van der Waals surface area contributed by atoms with Crippen LogP contribution in [0.5, 0.6) is 0 Å². The van der Waals surface area contributed by atoms with Crippen LogP contribution in [0.15, 0.2) is 24.4 Å². The highest BCUT2D eigenvalue weighted by Gasteiger charge is 2.51. The summed E-state index contributed by atoms with van der Waals surface area (Å²) in [6, 6.07) is 6.76. The van der Waals surface area contributed by atoms with Gasteiger partial charge in [-0.2, -0.15) is 0 Å². The Kier molecular flexibility index (Phi) is 2.89. The van der Waals surface area contributed by atoms with Crippen LogP contribution < -0.4 is 0 Å². The maximum Gasteiger partial charge on any atom is 0.110 e. The molecule has 1 aromatic carbocycles. The molecule has 1 aliphatic carbocycles. The van der Waals surface area contributed by atoms with E-state index in [1.807, 2.05) is 7.11 Å². The molecule has 1 fully saturated rings. The van der Waals surface area contributed by atoms with E-state index in [0.717, 1.165) is 19.4 Å². The van der Waals surface area contributed by atoms with Crippen LogP contribution in [0.4, 0.5) is 0 Å². The molecule has 0 bridgehead atoms. The van der Waals surface area contributed by atoms with E-state index in [1.165, 1.54) is 22.0 Å². The lowest BCUT2D eigenvalue weighted by Gasteiger charge is -2.52. The van der Waals surface area contributed by atoms with Crippen LogP contribution in [-0.4, -0.2) is 48.3 Å². The van der Waals surface area contributed by atoms with Crippen molar-refractivity contribution in [3.8, 4) is 0 Å². The van der Waals surface area contributed by atoms with Crippen LogP contribution in [0, 0.1) is 5.92 Å². The number of aromatic nitrogens is 1. The van der Waals surface area contributed by atoms with Crippen LogP contribution in [0.1, 0.15) is 17.5 Å². The summed E-state index contributed by atoms with van der Waals surface area (Å²) in [5.74, 6) is 0.266.